The third-order valence-corrected chi connectivity index (χ3v) is 5.10. The van der Waals surface area contributed by atoms with Crippen LogP contribution in [-0.2, 0) is 11.2 Å². The van der Waals surface area contributed by atoms with Gasteiger partial charge in [0.15, 0.2) is 0 Å². The summed E-state index contributed by atoms with van der Waals surface area (Å²) in [4.78, 5) is 25.6. The van der Waals surface area contributed by atoms with Gasteiger partial charge in [-0.15, -0.1) is 0 Å². The number of benzene rings is 1. The normalized spacial score (nSPS) is 22.1. The summed E-state index contributed by atoms with van der Waals surface area (Å²) in [5.74, 6) is -0.333. The Balaban J connectivity index is 1.63. The minimum atomic E-state index is -0.247. The Morgan fingerprint density at radius 2 is 1.83 bits per heavy atom. The monoisotopic (exact) mass is 315 g/mol. The number of nitrogens with one attached hydrogen (secondary N) is 1. The van der Waals surface area contributed by atoms with Gasteiger partial charge in [-0.3, -0.25) is 4.79 Å². The van der Waals surface area contributed by atoms with Crippen LogP contribution in [0, 0.1) is 5.92 Å². The number of amides is 3. The topological polar surface area (TPSA) is 75.4 Å². The summed E-state index contributed by atoms with van der Waals surface area (Å²) in [5.41, 5.74) is 7.96. The number of carbonyl (C=O) groups excluding carboxylic acids is 2. The van der Waals surface area contributed by atoms with E-state index in [9.17, 15) is 9.59 Å². The predicted octanol–water partition coefficient (Wildman–Crippen LogP) is 2.36. The van der Waals surface area contributed by atoms with E-state index in [2.05, 4.69) is 23.5 Å². The second-order valence-electron chi connectivity index (χ2n) is 6.61. The fraction of sp³-hybridized carbons (Fsp3) is 0.556. The lowest BCUT2D eigenvalue weighted by molar-refractivity contribution is -0.123. The number of aryl methyl sites for hydroxylation is 1. The zero-order chi connectivity index (χ0) is 16.2. The second-order valence-corrected chi connectivity index (χ2v) is 6.61. The summed E-state index contributed by atoms with van der Waals surface area (Å²) in [7, 11) is 0. The summed E-state index contributed by atoms with van der Waals surface area (Å²) in [6.45, 7) is 1.21. The van der Waals surface area contributed by atoms with Crippen molar-refractivity contribution in [1.29, 1.82) is 0 Å². The Kier molecular flexibility index (Phi) is 4.84. The minimum absolute atomic E-state index is 0.0189. The maximum absolute atomic E-state index is 12.6. The van der Waals surface area contributed by atoms with Crippen LogP contribution >= 0.6 is 0 Å². The highest BCUT2D eigenvalue weighted by Crippen LogP contribution is 2.29. The molecule has 1 fully saturated rings. The van der Waals surface area contributed by atoms with Crippen LogP contribution in [0.2, 0.25) is 0 Å². The van der Waals surface area contributed by atoms with Gasteiger partial charge in [0.1, 0.15) is 0 Å². The molecule has 1 atom stereocenters. The summed E-state index contributed by atoms with van der Waals surface area (Å²) >= 11 is 0. The molecule has 3 rings (SSSR count). The average Bonchev–Trinajstić information content (AvgIpc) is 2.77. The van der Waals surface area contributed by atoms with Crippen LogP contribution in [0.1, 0.15) is 49.3 Å². The lowest BCUT2D eigenvalue weighted by atomic mass is 9.96. The first-order valence-corrected chi connectivity index (χ1v) is 8.57. The number of fused-ring (bicyclic) bond motifs is 1. The standard InChI is InChI=1S/C18H25N3O2/c19-17(22)14-9-11-21(12-10-14)18(23)20-16-8-4-2-6-13-5-1-3-7-15(13)16/h1,3,5,7,14,16H,2,4,6,8-12H2,(H2,19,22)(H,20,23)/t16-/m0/s1. The predicted molar refractivity (Wildman–Crippen MR) is 88.8 cm³/mol. The number of likely N-dealkylation sites (tertiary alicyclic amines) is 1. The molecular weight excluding hydrogens is 290 g/mol. The van der Waals surface area contributed by atoms with Crippen molar-refractivity contribution in [2.75, 3.05) is 13.1 Å². The van der Waals surface area contributed by atoms with Crippen molar-refractivity contribution >= 4 is 11.9 Å². The van der Waals surface area contributed by atoms with Gasteiger partial charge in [0, 0.05) is 19.0 Å². The van der Waals surface area contributed by atoms with E-state index in [1.54, 1.807) is 0 Å². The summed E-state index contributed by atoms with van der Waals surface area (Å²) in [6, 6.07) is 8.48. The Morgan fingerprint density at radius 1 is 1.09 bits per heavy atom. The van der Waals surface area contributed by atoms with Crippen molar-refractivity contribution in [2.45, 2.75) is 44.6 Å². The number of nitrogens with two attached hydrogens (primary N) is 1. The molecule has 1 aliphatic heterocycles. The Bertz CT molecular complexity index is 579. The van der Waals surface area contributed by atoms with Gasteiger partial charge in [-0.2, -0.15) is 0 Å². The van der Waals surface area contributed by atoms with Gasteiger partial charge in [0.05, 0.1) is 6.04 Å². The molecule has 23 heavy (non-hydrogen) atoms. The highest BCUT2D eigenvalue weighted by molar-refractivity contribution is 5.78. The summed E-state index contributed by atoms with van der Waals surface area (Å²) in [5, 5.41) is 3.20. The van der Waals surface area contributed by atoms with Crippen LogP contribution < -0.4 is 11.1 Å². The van der Waals surface area contributed by atoms with Crippen LogP contribution in [0.5, 0.6) is 0 Å². The molecule has 5 heteroatoms. The van der Waals surface area contributed by atoms with Gasteiger partial charge >= 0.3 is 6.03 Å². The van der Waals surface area contributed by atoms with Crippen molar-refractivity contribution in [1.82, 2.24) is 10.2 Å². The van der Waals surface area contributed by atoms with E-state index in [1.165, 1.54) is 17.5 Å². The van der Waals surface area contributed by atoms with E-state index in [0.29, 0.717) is 25.9 Å². The molecule has 1 aliphatic carbocycles. The van der Waals surface area contributed by atoms with Crippen molar-refractivity contribution in [3.63, 3.8) is 0 Å². The van der Waals surface area contributed by atoms with E-state index in [1.807, 2.05) is 11.0 Å². The van der Waals surface area contributed by atoms with Crippen LogP contribution in [0.25, 0.3) is 0 Å². The molecule has 124 valence electrons. The van der Waals surface area contributed by atoms with Gasteiger partial charge in [-0.25, -0.2) is 4.79 Å². The molecule has 5 nitrogen and oxygen atoms in total. The van der Waals surface area contributed by atoms with Gasteiger partial charge in [-0.05, 0) is 43.2 Å². The van der Waals surface area contributed by atoms with Gasteiger partial charge in [-0.1, -0.05) is 30.7 Å². The van der Waals surface area contributed by atoms with Crippen molar-refractivity contribution in [3.05, 3.63) is 35.4 Å². The average molecular weight is 315 g/mol. The first-order chi connectivity index (χ1) is 11.1. The van der Waals surface area contributed by atoms with Gasteiger partial charge in [0.25, 0.3) is 0 Å². The quantitative estimate of drug-likeness (QED) is 0.822. The molecule has 1 saturated heterocycles. The van der Waals surface area contributed by atoms with Crippen LogP contribution in [0.15, 0.2) is 24.3 Å². The maximum Gasteiger partial charge on any atom is 0.317 e. The smallest absolute Gasteiger partial charge is 0.317 e. The van der Waals surface area contributed by atoms with E-state index >= 15 is 0 Å². The summed E-state index contributed by atoms with van der Waals surface area (Å²) < 4.78 is 0. The van der Waals surface area contributed by atoms with Crippen LogP contribution in [-0.4, -0.2) is 29.9 Å². The molecule has 1 heterocycles. The Morgan fingerprint density at radius 3 is 2.57 bits per heavy atom. The largest absolute Gasteiger partial charge is 0.369 e. The first kappa shape index (κ1) is 15.8. The third kappa shape index (κ3) is 3.66. The molecule has 0 bridgehead atoms. The molecule has 1 aromatic carbocycles. The SMILES string of the molecule is NC(=O)C1CCN(C(=O)N[C@H]2CCCCc3ccccc32)CC1. The lowest BCUT2D eigenvalue weighted by Crippen LogP contribution is -2.47. The zero-order valence-corrected chi connectivity index (χ0v) is 13.5. The number of nitrogens with zero attached hydrogens (tertiary/aromatic N) is 1. The minimum Gasteiger partial charge on any atom is -0.369 e. The number of carbonyl (C=O) groups is 2. The highest BCUT2D eigenvalue weighted by atomic mass is 16.2. The van der Waals surface area contributed by atoms with Crippen LogP contribution in [0.3, 0.4) is 0 Å². The van der Waals surface area contributed by atoms with Gasteiger partial charge < -0.3 is 16.0 Å². The fourth-order valence-electron chi connectivity index (χ4n) is 3.68. The molecule has 1 aromatic rings. The number of hydrogen-bond donors (Lipinski definition) is 2. The number of primary amides is 1. The maximum atomic E-state index is 12.6. The molecule has 0 saturated carbocycles. The van der Waals surface area contributed by atoms with E-state index in [-0.39, 0.29) is 23.9 Å². The fourth-order valence-corrected chi connectivity index (χ4v) is 3.68. The number of piperidine rings is 1. The van der Waals surface area contributed by atoms with E-state index in [0.717, 1.165) is 19.3 Å². The van der Waals surface area contributed by atoms with Crippen LogP contribution in [0.4, 0.5) is 4.79 Å². The lowest BCUT2D eigenvalue weighted by Gasteiger charge is -2.32. The van der Waals surface area contributed by atoms with Gasteiger partial charge in [0.2, 0.25) is 5.91 Å². The second kappa shape index (κ2) is 7.02. The zero-order valence-electron chi connectivity index (χ0n) is 13.5. The molecule has 0 unspecified atom stereocenters. The molecule has 3 N–H and O–H groups in total. The molecule has 0 spiro atoms. The molecule has 3 amide bonds. The highest BCUT2D eigenvalue weighted by Gasteiger charge is 2.28. The Hall–Kier alpha value is -2.04. The van der Waals surface area contributed by atoms with E-state index < -0.39 is 0 Å². The molecule has 0 radical (unpaired) electrons. The number of urea groups is 1. The van der Waals surface area contributed by atoms with Crippen molar-refractivity contribution < 1.29 is 9.59 Å². The number of hydrogen-bond acceptors (Lipinski definition) is 2. The molecular formula is C18H25N3O2. The van der Waals surface area contributed by atoms with Crippen molar-refractivity contribution in [3.8, 4) is 0 Å². The van der Waals surface area contributed by atoms with Crippen molar-refractivity contribution in [2.24, 2.45) is 11.7 Å². The Labute approximate surface area is 137 Å². The van der Waals surface area contributed by atoms with E-state index in [4.69, 9.17) is 5.73 Å². The molecule has 0 aromatic heterocycles. The summed E-state index contributed by atoms with van der Waals surface area (Å²) in [6.07, 6.45) is 5.72. The third-order valence-electron chi connectivity index (χ3n) is 5.10. The molecule has 2 aliphatic rings. The number of rotatable bonds is 2. The first-order valence-electron chi connectivity index (χ1n) is 8.57.